The van der Waals surface area contributed by atoms with Crippen molar-refractivity contribution < 1.29 is 4.52 Å². The van der Waals surface area contributed by atoms with E-state index in [4.69, 9.17) is 16.1 Å². The molecule has 2 nitrogen and oxygen atoms in total. The third kappa shape index (κ3) is 1.76. The minimum Gasteiger partial charge on any atom is -0.355 e. The highest BCUT2D eigenvalue weighted by Gasteiger charge is 2.24. The van der Waals surface area contributed by atoms with E-state index < -0.39 is 0 Å². The molecule has 0 saturated carbocycles. The average Bonchev–Trinajstić information content (AvgIpc) is 2.92. The topological polar surface area (TPSA) is 26.0 Å². The van der Waals surface area contributed by atoms with Gasteiger partial charge in [-0.25, -0.2) is 0 Å². The first kappa shape index (κ1) is 11.7. The van der Waals surface area contributed by atoms with Gasteiger partial charge in [0, 0.05) is 10.6 Å². The quantitative estimate of drug-likeness (QED) is 0.643. The fourth-order valence-electron chi connectivity index (χ4n) is 2.81. The minimum absolute atomic E-state index is 0.725. The molecule has 0 unspecified atom stereocenters. The highest BCUT2D eigenvalue weighted by molar-refractivity contribution is 6.30. The van der Waals surface area contributed by atoms with E-state index in [0.717, 1.165) is 40.4 Å². The van der Waals surface area contributed by atoms with Crippen molar-refractivity contribution in [3.63, 3.8) is 0 Å². The molecule has 2 aromatic carbocycles. The van der Waals surface area contributed by atoms with E-state index in [9.17, 15) is 0 Å². The monoisotopic (exact) mass is 281 g/mol. The normalized spacial score (nSPS) is 12.8. The molecule has 0 radical (unpaired) electrons. The second kappa shape index (κ2) is 4.50. The van der Waals surface area contributed by atoms with E-state index in [1.54, 1.807) is 0 Å². The molecule has 0 bridgehead atoms. The van der Waals surface area contributed by atoms with Gasteiger partial charge in [-0.3, -0.25) is 0 Å². The maximum atomic E-state index is 5.95. The van der Waals surface area contributed by atoms with E-state index in [1.165, 1.54) is 11.1 Å². The fraction of sp³-hybridized carbons (Fsp3) is 0.118. The predicted octanol–water partition coefficient (Wildman–Crippen LogP) is 4.76. The van der Waals surface area contributed by atoms with Crippen LogP contribution in [0.5, 0.6) is 0 Å². The molecule has 1 aliphatic carbocycles. The molecule has 3 aromatic rings. The van der Waals surface area contributed by atoms with Crippen LogP contribution in [0.4, 0.5) is 0 Å². The van der Waals surface area contributed by atoms with Crippen molar-refractivity contribution in [1.29, 1.82) is 0 Å². The first-order valence-corrected chi connectivity index (χ1v) is 7.03. The molecule has 20 heavy (non-hydrogen) atoms. The number of rotatable bonds is 1. The van der Waals surface area contributed by atoms with Crippen molar-refractivity contribution in [3.8, 4) is 22.5 Å². The number of halogens is 1. The van der Waals surface area contributed by atoms with Crippen LogP contribution in [0, 0.1) is 0 Å². The second-order valence-electron chi connectivity index (χ2n) is 5.00. The number of fused-ring (bicyclic) bond motifs is 3. The fourth-order valence-corrected chi connectivity index (χ4v) is 2.93. The predicted molar refractivity (Wildman–Crippen MR) is 79.8 cm³/mol. The number of nitrogens with zero attached hydrogens (tertiary/aromatic N) is 1. The number of benzene rings is 2. The van der Waals surface area contributed by atoms with Gasteiger partial charge in [-0.05, 0) is 48.2 Å². The van der Waals surface area contributed by atoms with Gasteiger partial charge >= 0.3 is 0 Å². The summed E-state index contributed by atoms with van der Waals surface area (Å²) in [6.45, 7) is 0. The summed E-state index contributed by atoms with van der Waals surface area (Å²) in [5, 5.41) is 4.97. The van der Waals surface area contributed by atoms with Crippen molar-refractivity contribution in [1.82, 2.24) is 5.16 Å². The first-order chi connectivity index (χ1) is 9.83. The lowest BCUT2D eigenvalue weighted by Gasteiger charge is -2.15. The Morgan fingerprint density at radius 1 is 0.950 bits per heavy atom. The lowest BCUT2D eigenvalue weighted by atomic mass is 9.87. The number of aromatic nitrogens is 1. The van der Waals surface area contributed by atoms with Crippen molar-refractivity contribution in [3.05, 3.63) is 64.8 Å². The van der Waals surface area contributed by atoms with E-state index in [0.29, 0.717) is 0 Å². The van der Waals surface area contributed by atoms with Gasteiger partial charge in [0.15, 0.2) is 5.76 Å². The second-order valence-corrected chi connectivity index (χ2v) is 5.43. The Hall–Kier alpha value is -2.06. The number of hydrogen-bond acceptors (Lipinski definition) is 2. The Balaban J connectivity index is 1.93. The van der Waals surface area contributed by atoms with E-state index in [1.807, 2.05) is 24.3 Å². The van der Waals surface area contributed by atoms with Crippen molar-refractivity contribution in [2.45, 2.75) is 12.8 Å². The summed E-state index contributed by atoms with van der Waals surface area (Å²) in [6.07, 6.45) is 1.96. The number of hydrogen-bond donors (Lipinski definition) is 0. The van der Waals surface area contributed by atoms with Crippen molar-refractivity contribution in [2.75, 3.05) is 0 Å². The molecule has 98 valence electrons. The largest absolute Gasteiger partial charge is 0.355 e. The zero-order valence-corrected chi connectivity index (χ0v) is 11.5. The number of aryl methyl sites for hydroxylation is 2. The van der Waals surface area contributed by atoms with Gasteiger partial charge < -0.3 is 4.52 Å². The van der Waals surface area contributed by atoms with Gasteiger partial charge in [-0.2, -0.15) is 0 Å². The molecule has 0 spiro atoms. The van der Waals surface area contributed by atoms with Crippen LogP contribution in [-0.4, -0.2) is 5.16 Å². The molecular weight excluding hydrogens is 270 g/mol. The minimum atomic E-state index is 0.725. The Kier molecular flexibility index (Phi) is 2.64. The highest BCUT2D eigenvalue weighted by atomic mass is 35.5. The van der Waals surface area contributed by atoms with Crippen molar-refractivity contribution >= 4 is 11.6 Å². The average molecular weight is 282 g/mol. The molecule has 1 heterocycles. The molecule has 0 amide bonds. The molecule has 0 atom stereocenters. The van der Waals surface area contributed by atoms with Gasteiger partial charge in [0.1, 0.15) is 0 Å². The van der Waals surface area contributed by atoms with Crippen LogP contribution in [0.2, 0.25) is 5.02 Å². The zero-order valence-electron chi connectivity index (χ0n) is 10.8. The Bertz CT molecular complexity index is 774. The van der Waals surface area contributed by atoms with Gasteiger partial charge in [-0.15, -0.1) is 0 Å². The standard InChI is InChI=1S/C17H12ClNO/c18-13-8-5-12(6-9-13)17-16-14-4-2-1-3-11(14)7-10-15(16)19-20-17/h1-6,8-9H,7,10H2. The van der Waals surface area contributed by atoms with Crippen LogP contribution in [0.1, 0.15) is 11.3 Å². The molecule has 0 N–H and O–H groups in total. The van der Waals surface area contributed by atoms with E-state index in [-0.39, 0.29) is 0 Å². The smallest absolute Gasteiger partial charge is 0.174 e. The van der Waals surface area contributed by atoms with Gasteiger partial charge in [-0.1, -0.05) is 41.0 Å². The van der Waals surface area contributed by atoms with Crippen molar-refractivity contribution in [2.24, 2.45) is 0 Å². The summed E-state index contributed by atoms with van der Waals surface area (Å²) >= 11 is 5.95. The van der Waals surface area contributed by atoms with Crippen LogP contribution < -0.4 is 0 Å². The van der Waals surface area contributed by atoms with Crippen LogP contribution >= 0.6 is 11.6 Å². The summed E-state index contributed by atoms with van der Waals surface area (Å²) in [7, 11) is 0. The van der Waals surface area contributed by atoms with Gasteiger partial charge in [0.25, 0.3) is 0 Å². The first-order valence-electron chi connectivity index (χ1n) is 6.66. The Morgan fingerprint density at radius 2 is 1.75 bits per heavy atom. The molecule has 3 heteroatoms. The molecule has 1 aromatic heterocycles. The summed E-state index contributed by atoms with van der Waals surface area (Å²) in [4.78, 5) is 0. The highest BCUT2D eigenvalue weighted by Crippen LogP contribution is 2.40. The SMILES string of the molecule is Clc1ccc(-c2onc3c2-c2ccccc2CC3)cc1. The van der Waals surface area contributed by atoms with Crippen LogP contribution in [0.3, 0.4) is 0 Å². The molecule has 0 fully saturated rings. The summed E-state index contributed by atoms with van der Waals surface area (Å²) < 4.78 is 5.61. The molecule has 0 aliphatic heterocycles. The molecular formula is C17H12ClNO. The third-order valence-corrected chi connectivity index (χ3v) is 4.04. The lowest BCUT2D eigenvalue weighted by Crippen LogP contribution is -2.02. The molecule has 1 aliphatic rings. The van der Waals surface area contributed by atoms with E-state index >= 15 is 0 Å². The van der Waals surface area contributed by atoms with Crippen LogP contribution in [0.25, 0.3) is 22.5 Å². The van der Waals surface area contributed by atoms with E-state index in [2.05, 4.69) is 29.4 Å². The van der Waals surface area contributed by atoms with Crippen LogP contribution in [-0.2, 0) is 12.8 Å². The third-order valence-electron chi connectivity index (χ3n) is 3.79. The zero-order chi connectivity index (χ0) is 13.5. The maximum Gasteiger partial charge on any atom is 0.174 e. The summed E-state index contributed by atoms with van der Waals surface area (Å²) in [5.74, 6) is 0.837. The lowest BCUT2D eigenvalue weighted by molar-refractivity contribution is 0.423. The summed E-state index contributed by atoms with van der Waals surface area (Å²) in [6, 6.07) is 16.2. The summed E-state index contributed by atoms with van der Waals surface area (Å²) in [5.41, 5.74) is 5.79. The molecule has 0 saturated heterocycles. The Morgan fingerprint density at radius 3 is 2.60 bits per heavy atom. The van der Waals surface area contributed by atoms with Gasteiger partial charge in [0.05, 0.1) is 11.3 Å². The van der Waals surface area contributed by atoms with Crippen LogP contribution in [0.15, 0.2) is 53.1 Å². The maximum absolute atomic E-state index is 5.95. The molecule has 4 rings (SSSR count). The Labute approximate surface area is 122 Å². The van der Waals surface area contributed by atoms with Gasteiger partial charge in [0.2, 0.25) is 0 Å².